The third-order valence-electron chi connectivity index (χ3n) is 9.74. The van der Waals surface area contributed by atoms with Gasteiger partial charge in [0.05, 0.1) is 10.9 Å². The Morgan fingerprint density at radius 1 is 1.09 bits per heavy atom. The molecule has 5 saturated heterocycles. The first-order chi connectivity index (χ1) is 20.8. The van der Waals surface area contributed by atoms with Gasteiger partial charge in [0.1, 0.15) is 35.6 Å². The van der Waals surface area contributed by atoms with Gasteiger partial charge in [0.2, 0.25) is 0 Å². The highest BCUT2D eigenvalue weighted by atomic mass is 19.2. The smallest absolute Gasteiger partial charge is 0.319 e. The summed E-state index contributed by atoms with van der Waals surface area (Å²) in [5.74, 6) is -2.89. The van der Waals surface area contributed by atoms with Crippen LogP contribution in [0, 0.1) is 17.5 Å². The molecule has 4 aromatic rings. The molecule has 43 heavy (non-hydrogen) atoms. The van der Waals surface area contributed by atoms with Crippen LogP contribution in [0.2, 0.25) is 0 Å². The van der Waals surface area contributed by atoms with Crippen LogP contribution in [0.25, 0.3) is 32.9 Å². The maximum absolute atomic E-state index is 16.6. The van der Waals surface area contributed by atoms with Gasteiger partial charge in [0, 0.05) is 55.3 Å². The molecular formula is C31H30F4N6O2. The number of fused-ring (bicyclic) bond motifs is 6. The Labute approximate surface area is 244 Å². The minimum atomic E-state index is -1.17. The summed E-state index contributed by atoms with van der Waals surface area (Å²) in [4.78, 5) is 17.9. The van der Waals surface area contributed by atoms with Crippen LogP contribution in [0.3, 0.4) is 0 Å². The SMILES string of the molecule is Oc1cc(-c2ncc3c(N4CC5CCC4CN5)nc(OC[C@@]45CCCN4C[C@H](F)C5)nc3c2F)c2c(F)c(F)ccc2c1. The van der Waals surface area contributed by atoms with Crippen LogP contribution in [-0.2, 0) is 0 Å². The van der Waals surface area contributed by atoms with Gasteiger partial charge in [0.25, 0.3) is 0 Å². The first kappa shape index (κ1) is 26.8. The van der Waals surface area contributed by atoms with Crippen molar-refractivity contribution in [2.24, 2.45) is 0 Å². The van der Waals surface area contributed by atoms with Gasteiger partial charge in [-0.15, -0.1) is 0 Å². The van der Waals surface area contributed by atoms with Crippen molar-refractivity contribution in [3.8, 4) is 23.0 Å². The maximum Gasteiger partial charge on any atom is 0.319 e. The molecule has 5 aliphatic rings. The lowest BCUT2D eigenvalue weighted by Gasteiger charge is -2.46. The molecule has 7 heterocycles. The molecule has 9 rings (SSSR count). The van der Waals surface area contributed by atoms with Gasteiger partial charge in [-0.1, -0.05) is 6.07 Å². The predicted octanol–water partition coefficient (Wildman–Crippen LogP) is 4.86. The van der Waals surface area contributed by atoms with Crippen molar-refractivity contribution < 1.29 is 27.4 Å². The summed E-state index contributed by atoms with van der Waals surface area (Å²) in [6.45, 7) is 2.78. The largest absolute Gasteiger partial charge is 0.508 e. The van der Waals surface area contributed by atoms with Crippen molar-refractivity contribution in [3.05, 3.63) is 47.9 Å². The van der Waals surface area contributed by atoms with Gasteiger partial charge in [-0.05, 0) is 55.8 Å². The second-order valence-electron chi connectivity index (χ2n) is 12.3. The molecule has 5 fully saturated rings. The lowest BCUT2D eigenvalue weighted by molar-refractivity contribution is 0.107. The van der Waals surface area contributed by atoms with E-state index in [2.05, 4.69) is 25.1 Å². The van der Waals surface area contributed by atoms with Crippen LogP contribution >= 0.6 is 0 Å². The Morgan fingerprint density at radius 3 is 2.77 bits per heavy atom. The third-order valence-corrected chi connectivity index (χ3v) is 9.74. The summed E-state index contributed by atoms with van der Waals surface area (Å²) in [7, 11) is 0. The summed E-state index contributed by atoms with van der Waals surface area (Å²) in [5, 5.41) is 14.2. The minimum Gasteiger partial charge on any atom is -0.508 e. The number of hydrogen-bond acceptors (Lipinski definition) is 8. The number of piperidine rings is 2. The van der Waals surface area contributed by atoms with E-state index in [4.69, 9.17) is 9.72 Å². The number of pyridine rings is 1. The van der Waals surface area contributed by atoms with Gasteiger partial charge in [-0.3, -0.25) is 9.88 Å². The maximum atomic E-state index is 16.6. The number of halogens is 4. The fraction of sp³-hybridized carbons (Fsp3) is 0.452. The first-order valence-electron chi connectivity index (χ1n) is 14.8. The number of phenols is 1. The summed E-state index contributed by atoms with van der Waals surface area (Å²) < 4.78 is 66.5. The lowest BCUT2D eigenvalue weighted by Crippen LogP contribution is -2.61. The Bertz CT molecular complexity index is 1770. The fourth-order valence-corrected chi connectivity index (χ4v) is 7.68. The minimum absolute atomic E-state index is 0.0329. The zero-order valence-electron chi connectivity index (χ0n) is 23.3. The molecule has 0 amide bonds. The summed E-state index contributed by atoms with van der Waals surface area (Å²) >= 11 is 0. The van der Waals surface area contributed by atoms with E-state index in [1.165, 1.54) is 18.3 Å². The number of hydrogen-bond donors (Lipinski definition) is 2. The first-order valence-corrected chi connectivity index (χ1v) is 14.8. The molecule has 8 nitrogen and oxygen atoms in total. The molecule has 2 aromatic heterocycles. The van der Waals surface area contributed by atoms with Crippen molar-refractivity contribution >= 4 is 27.5 Å². The van der Waals surface area contributed by atoms with E-state index in [9.17, 15) is 13.9 Å². The van der Waals surface area contributed by atoms with Crippen LogP contribution in [-0.4, -0.2) is 81.5 Å². The molecule has 2 unspecified atom stereocenters. The molecule has 0 saturated carbocycles. The van der Waals surface area contributed by atoms with E-state index in [-0.39, 0.29) is 58.0 Å². The van der Waals surface area contributed by atoms with E-state index >= 15 is 8.78 Å². The molecule has 2 bridgehead atoms. The Balaban J connectivity index is 1.27. The summed E-state index contributed by atoms with van der Waals surface area (Å²) in [6.07, 6.45) is 4.60. The molecule has 0 radical (unpaired) electrons. The number of phenolic OH excluding ortho intramolecular Hbond substituents is 1. The number of piperazine rings is 1. The molecule has 2 aromatic carbocycles. The number of anilines is 1. The zero-order chi connectivity index (χ0) is 29.5. The van der Waals surface area contributed by atoms with Crippen molar-refractivity contribution in [3.63, 3.8) is 0 Å². The Hall–Kier alpha value is -3.77. The highest BCUT2D eigenvalue weighted by molar-refractivity contribution is 6.00. The average molecular weight is 595 g/mol. The summed E-state index contributed by atoms with van der Waals surface area (Å²) in [5.41, 5.74) is -0.915. The van der Waals surface area contributed by atoms with E-state index < -0.39 is 29.2 Å². The van der Waals surface area contributed by atoms with Crippen LogP contribution in [0.15, 0.2) is 30.5 Å². The Kier molecular flexibility index (Phi) is 6.16. The molecule has 12 heteroatoms. The van der Waals surface area contributed by atoms with Crippen molar-refractivity contribution in [2.45, 2.75) is 55.9 Å². The van der Waals surface area contributed by atoms with Gasteiger partial charge in [0.15, 0.2) is 17.5 Å². The number of nitrogens with zero attached hydrogens (tertiary/aromatic N) is 5. The molecule has 0 spiro atoms. The second kappa shape index (κ2) is 9.88. The van der Waals surface area contributed by atoms with E-state index in [0.29, 0.717) is 30.7 Å². The van der Waals surface area contributed by atoms with E-state index in [1.807, 2.05) is 0 Å². The topological polar surface area (TPSA) is 86.6 Å². The molecule has 0 aliphatic carbocycles. The van der Waals surface area contributed by atoms with Crippen molar-refractivity contribution in [2.75, 3.05) is 37.7 Å². The predicted molar refractivity (Wildman–Crippen MR) is 153 cm³/mol. The highest BCUT2D eigenvalue weighted by Gasteiger charge is 2.49. The normalized spacial score (nSPS) is 27.0. The second-order valence-corrected chi connectivity index (χ2v) is 12.3. The number of nitrogens with one attached hydrogen (secondary N) is 1. The van der Waals surface area contributed by atoms with Gasteiger partial charge >= 0.3 is 6.01 Å². The molecule has 2 N–H and O–H groups in total. The quantitative estimate of drug-likeness (QED) is 0.317. The van der Waals surface area contributed by atoms with E-state index in [1.54, 1.807) is 0 Å². The number of rotatable bonds is 5. The number of aromatic hydroxyl groups is 1. The number of benzene rings is 2. The van der Waals surface area contributed by atoms with Crippen LogP contribution in [0.1, 0.15) is 32.1 Å². The number of aromatic nitrogens is 3. The van der Waals surface area contributed by atoms with Crippen molar-refractivity contribution in [1.29, 1.82) is 0 Å². The van der Waals surface area contributed by atoms with E-state index in [0.717, 1.165) is 50.9 Å². The fourth-order valence-electron chi connectivity index (χ4n) is 7.68. The molecule has 4 atom stereocenters. The molecular weight excluding hydrogens is 564 g/mol. The van der Waals surface area contributed by atoms with Gasteiger partial charge in [-0.2, -0.15) is 9.97 Å². The van der Waals surface area contributed by atoms with Gasteiger partial charge < -0.3 is 20.1 Å². The number of ether oxygens (including phenoxy) is 1. The van der Waals surface area contributed by atoms with Crippen molar-refractivity contribution in [1.82, 2.24) is 25.2 Å². The summed E-state index contributed by atoms with van der Waals surface area (Å²) in [6, 6.07) is 5.08. The van der Waals surface area contributed by atoms with Crippen LogP contribution < -0.4 is 15.0 Å². The standard InChI is InChI=1S/C31H30F4N6O2/c32-17-10-31(6-1-7-40(31)13-17)15-43-30-38-28-22(29(39-30)41-14-18-3-4-19(41)11-36-18)12-37-27(26(28)35)21-9-20(42)8-16-2-5-23(33)25(34)24(16)21/h2,5,8-9,12,17-19,36,42H,1,3-4,6-7,10-11,13-15H2/t17-,18?,19?,31+/m1/s1. The van der Waals surface area contributed by atoms with Gasteiger partial charge in [-0.25, -0.2) is 17.6 Å². The Morgan fingerprint density at radius 2 is 1.98 bits per heavy atom. The lowest BCUT2D eigenvalue weighted by atomic mass is 9.93. The van der Waals surface area contributed by atoms with Crippen LogP contribution in [0.4, 0.5) is 23.4 Å². The number of alkyl halides is 1. The average Bonchev–Trinajstić information content (AvgIpc) is 3.54. The monoisotopic (exact) mass is 594 g/mol. The van der Waals surface area contributed by atoms with Crippen LogP contribution in [0.5, 0.6) is 11.8 Å². The molecule has 5 aliphatic heterocycles. The molecule has 224 valence electrons. The third kappa shape index (κ3) is 4.28. The highest BCUT2D eigenvalue weighted by Crippen LogP contribution is 2.42. The zero-order valence-corrected chi connectivity index (χ0v) is 23.3.